The maximum atomic E-state index is 11.7. The minimum atomic E-state index is -0.454. The lowest BCUT2D eigenvalue weighted by atomic mass is 10.4. The zero-order chi connectivity index (χ0) is 13.7. The molecule has 1 saturated carbocycles. The van der Waals surface area contributed by atoms with E-state index in [2.05, 4.69) is 25.8 Å². The molecule has 0 aliphatic heterocycles. The number of rotatable bonds is 7. The average molecular weight is 267 g/mol. The number of nitrogens with one attached hydrogen (secondary N) is 3. The molecule has 104 valence electrons. The molecule has 0 bridgehead atoms. The maximum absolute atomic E-state index is 11.7. The molecule has 8 heteroatoms. The van der Waals surface area contributed by atoms with Crippen LogP contribution in [0.1, 0.15) is 35.2 Å². The van der Waals surface area contributed by atoms with Gasteiger partial charge in [0, 0.05) is 19.6 Å². The molecule has 1 aliphatic carbocycles. The molecule has 19 heavy (non-hydrogen) atoms. The number of aromatic nitrogens is 3. The Morgan fingerprint density at radius 3 is 2.89 bits per heavy atom. The Bertz CT molecular complexity index is 455. The van der Waals surface area contributed by atoms with E-state index in [0.29, 0.717) is 19.1 Å². The topological polar surface area (TPSA) is 109 Å². The number of hydrogen-bond acceptors (Lipinski definition) is 5. The third-order valence-electron chi connectivity index (χ3n) is 2.71. The molecule has 0 saturated heterocycles. The average Bonchev–Trinajstić information content (AvgIpc) is 3.14. The highest BCUT2D eigenvalue weighted by molar-refractivity contribution is 5.93. The number of H-pyrrole nitrogens is 1. The Balaban J connectivity index is 1.72. The summed E-state index contributed by atoms with van der Waals surface area (Å²) in [5, 5.41) is 11.6. The molecule has 0 radical (unpaired) electrons. The van der Waals surface area contributed by atoms with E-state index in [1.165, 1.54) is 0 Å². The third-order valence-corrected chi connectivity index (χ3v) is 2.71. The van der Waals surface area contributed by atoms with Crippen molar-refractivity contribution < 1.29 is 14.3 Å². The monoisotopic (exact) mass is 267 g/mol. The van der Waals surface area contributed by atoms with Crippen LogP contribution in [-0.4, -0.2) is 53.8 Å². The number of aromatic amines is 1. The molecule has 0 atom stereocenters. The summed E-state index contributed by atoms with van der Waals surface area (Å²) in [5.41, 5.74) is 0. The largest absolute Gasteiger partial charge is 0.383 e. The number of amides is 2. The SMILES string of the molecule is COCCNC(=O)CNC(=O)c1n[nH]c(C2CC2)n1. The predicted molar refractivity (Wildman–Crippen MR) is 65.6 cm³/mol. The first-order valence-corrected chi connectivity index (χ1v) is 6.17. The molecule has 1 aromatic heterocycles. The number of methoxy groups -OCH3 is 1. The van der Waals surface area contributed by atoms with Crippen LogP contribution in [0.25, 0.3) is 0 Å². The molecule has 8 nitrogen and oxygen atoms in total. The van der Waals surface area contributed by atoms with Crippen LogP contribution in [0.4, 0.5) is 0 Å². The summed E-state index contributed by atoms with van der Waals surface area (Å²) in [5.74, 6) is 0.501. The van der Waals surface area contributed by atoms with Crippen molar-refractivity contribution in [3.05, 3.63) is 11.6 Å². The molecular formula is C11H17N5O3. The van der Waals surface area contributed by atoms with Gasteiger partial charge in [-0.05, 0) is 12.8 Å². The van der Waals surface area contributed by atoms with E-state index < -0.39 is 5.91 Å². The van der Waals surface area contributed by atoms with Crippen molar-refractivity contribution in [1.29, 1.82) is 0 Å². The second kappa shape index (κ2) is 6.28. The van der Waals surface area contributed by atoms with E-state index in [4.69, 9.17) is 4.74 Å². The number of carbonyl (C=O) groups excluding carboxylic acids is 2. The van der Waals surface area contributed by atoms with Crippen LogP contribution in [0.5, 0.6) is 0 Å². The second-order valence-corrected chi connectivity index (χ2v) is 4.34. The molecular weight excluding hydrogens is 250 g/mol. The zero-order valence-electron chi connectivity index (χ0n) is 10.7. The summed E-state index contributed by atoms with van der Waals surface area (Å²) in [6.07, 6.45) is 2.16. The lowest BCUT2D eigenvalue weighted by molar-refractivity contribution is -0.120. The van der Waals surface area contributed by atoms with E-state index in [9.17, 15) is 9.59 Å². The Hall–Kier alpha value is -1.96. The number of hydrogen-bond donors (Lipinski definition) is 3. The minimum absolute atomic E-state index is 0.0755. The van der Waals surface area contributed by atoms with E-state index in [-0.39, 0.29) is 18.3 Å². The third kappa shape index (κ3) is 4.02. The smallest absolute Gasteiger partial charge is 0.291 e. The fourth-order valence-electron chi connectivity index (χ4n) is 1.51. The molecule has 0 aromatic carbocycles. The van der Waals surface area contributed by atoms with Gasteiger partial charge < -0.3 is 15.4 Å². The van der Waals surface area contributed by atoms with Gasteiger partial charge in [0.25, 0.3) is 5.91 Å². The van der Waals surface area contributed by atoms with Gasteiger partial charge in [-0.15, -0.1) is 5.10 Å². The summed E-state index contributed by atoms with van der Waals surface area (Å²) >= 11 is 0. The first-order chi connectivity index (χ1) is 9.20. The van der Waals surface area contributed by atoms with Crippen LogP contribution in [0.15, 0.2) is 0 Å². The van der Waals surface area contributed by atoms with E-state index in [1.54, 1.807) is 7.11 Å². The fraction of sp³-hybridized carbons (Fsp3) is 0.636. The molecule has 1 aromatic rings. The van der Waals surface area contributed by atoms with Crippen molar-refractivity contribution in [2.24, 2.45) is 0 Å². The number of nitrogens with zero attached hydrogens (tertiary/aromatic N) is 2. The molecule has 1 fully saturated rings. The van der Waals surface area contributed by atoms with Gasteiger partial charge in [0.2, 0.25) is 11.7 Å². The van der Waals surface area contributed by atoms with E-state index >= 15 is 0 Å². The van der Waals surface area contributed by atoms with Gasteiger partial charge in [-0.3, -0.25) is 14.7 Å². The van der Waals surface area contributed by atoms with Crippen molar-refractivity contribution in [1.82, 2.24) is 25.8 Å². The Kier molecular flexibility index (Phi) is 4.45. The highest BCUT2D eigenvalue weighted by Gasteiger charge is 2.28. The molecule has 1 aliphatic rings. The van der Waals surface area contributed by atoms with Crippen molar-refractivity contribution in [2.75, 3.05) is 26.8 Å². The second-order valence-electron chi connectivity index (χ2n) is 4.34. The van der Waals surface area contributed by atoms with Crippen LogP contribution < -0.4 is 10.6 Å². The van der Waals surface area contributed by atoms with Crippen LogP contribution >= 0.6 is 0 Å². The summed E-state index contributed by atoms with van der Waals surface area (Å²) in [4.78, 5) is 27.1. The minimum Gasteiger partial charge on any atom is -0.383 e. The summed E-state index contributed by atoms with van der Waals surface area (Å²) in [6.45, 7) is 0.749. The van der Waals surface area contributed by atoms with Crippen molar-refractivity contribution >= 4 is 11.8 Å². The number of carbonyl (C=O) groups is 2. The van der Waals surface area contributed by atoms with Crippen LogP contribution in [0.2, 0.25) is 0 Å². The molecule has 2 rings (SSSR count). The normalized spacial score (nSPS) is 14.2. The quantitative estimate of drug-likeness (QED) is 0.559. The summed E-state index contributed by atoms with van der Waals surface area (Å²) in [6, 6.07) is 0. The van der Waals surface area contributed by atoms with Crippen molar-refractivity contribution in [2.45, 2.75) is 18.8 Å². The molecule has 2 amide bonds. The fourth-order valence-corrected chi connectivity index (χ4v) is 1.51. The molecule has 0 spiro atoms. The molecule has 0 unspecified atom stereocenters. The zero-order valence-corrected chi connectivity index (χ0v) is 10.7. The predicted octanol–water partition coefficient (Wildman–Crippen LogP) is -0.825. The highest BCUT2D eigenvalue weighted by Crippen LogP contribution is 2.37. The lowest BCUT2D eigenvalue weighted by Crippen LogP contribution is -2.38. The molecule has 3 N–H and O–H groups in total. The Morgan fingerprint density at radius 2 is 2.21 bits per heavy atom. The first-order valence-electron chi connectivity index (χ1n) is 6.17. The first kappa shape index (κ1) is 13.5. The summed E-state index contributed by atoms with van der Waals surface area (Å²) in [7, 11) is 1.55. The van der Waals surface area contributed by atoms with Crippen LogP contribution in [0.3, 0.4) is 0 Å². The van der Waals surface area contributed by atoms with Crippen LogP contribution in [-0.2, 0) is 9.53 Å². The molecule has 1 heterocycles. The van der Waals surface area contributed by atoms with Gasteiger partial charge in [-0.2, -0.15) is 0 Å². The van der Waals surface area contributed by atoms with Gasteiger partial charge in [-0.25, -0.2) is 4.98 Å². The van der Waals surface area contributed by atoms with Crippen LogP contribution in [0, 0.1) is 0 Å². The standard InChI is InChI=1S/C11H17N5O3/c1-19-5-4-12-8(17)6-13-11(18)10-14-9(15-16-10)7-2-3-7/h7H,2-6H2,1H3,(H,12,17)(H,13,18)(H,14,15,16). The van der Waals surface area contributed by atoms with E-state index in [0.717, 1.165) is 18.7 Å². The highest BCUT2D eigenvalue weighted by atomic mass is 16.5. The lowest BCUT2D eigenvalue weighted by Gasteiger charge is -2.04. The van der Waals surface area contributed by atoms with Gasteiger partial charge in [0.05, 0.1) is 13.2 Å². The Labute approximate surface area is 110 Å². The van der Waals surface area contributed by atoms with Gasteiger partial charge in [0.1, 0.15) is 5.82 Å². The van der Waals surface area contributed by atoms with Crippen molar-refractivity contribution in [3.8, 4) is 0 Å². The summed E-state index contributed by atoms with van der Waals surface area (Å²) < 4.78 is 4.79. The number of ether oxygens (including phenoxy) is 1. The Morgan fingerprint density at radius 1 is 1.42 bits per heavy atom. The van der Waals surface area contributed by atoms with Gasteiger partial charge in [-0.1, -0.05) is 0 Å². The van der Waals surface area contributed by atoms with Gasteiger partial charge in [0.15, 0.2) is 0 Å². The van der Waals surface area contributed by atoms with Gasteiger partial charge >= 0.3 is 0 Å². The van der Waals surface area contributed by atoms with Crippen molar-refractivity contribution in [3.63, 3.8) is 0 Å². The van der Waals surface area contributed by atoms with E-state index in [1.807, 2.05) is 0 Å². The maximum Gasteiger partial charge on any atom is 0.291 e.